The van der Waals surface area contributed by atoms with Crippen molar-refractivity contribution < 1.29 is 19.2 Å². The fourth-order valence-electron chi connectivity index (χ4n) is 5.91. The van der Waals surface area contributed by atoms with E-state index in [1.54, 1.807) is 60.7 Å². The zero-order valence-corrected chi connectivity index (χ0v) is 26.9. The van der Waals surface area contributed by atoms with E-state index in [2.05, 4.69) is 41.5 Å². The average molecular weight is 609 g/mol. The van der Waals surface area contributed by atoms with Gasteiger partial charge in [-0.3, -0.25) is 19.2 Å². The van der Waals surface area contributed by atoms with Crippen LogP contribution in [0.5, 0.6) is 0 Å². The van der Waals surface area contributed by atoms with Crippen LogP contribution in [0.3, 0.4) is 0 Å². The molecule has 6 heteroatoms. The van der Waals surface area contributed by atoms with Crippen LogP contribution in [-0.4, -0.2) is 33.4 Å². The monoisotopic (exact) mass is 608 g/mol. The average Bonchev–Trinajstić information content (AvgIpc) is 3.51. The van der Waals surface area contributed by atoms with Gasteiger partial charge in [0.05, 0.1) is 22.5 Å². The van der Waals surface area contributed by atoms with Crippen molar-refractivity contribution in [2.75, 3.05) is 0 Å². The Bertz CT molecular complexity index is 1790. The Balaban J connectivity index is 1.63. The molecule has 46 heavy (non-hydrogen) atoms. The highest BCUT2D eigenvalue weighted by Gasteiger charge is 2.52. The molecule has 2 heterocycles. The summed E-state index contributed by atoms with van der Waals surface area (Å²) in [7, 11) is 0. The zero-order valence-electron chi connectivity index (χ0n) is 26.9. The largest absolute Gasteiger partial charge is 0.268 e. The number of benzene rings is 4. The highest BCUT2D eigenvalue weighted by atomic mass is 16.2. The standard InChI is InChI=1S/C40H36N2O4/c1-39(2,3)29-21-17-25(18-22-29)33-31-32(38(46)41(33)35(43)27-13-9-7-10-14-27)34(26-19-23-30(24-20-26)40(4,5)6)42(37(31)45)36(44)28-15-11-8-12-16-28/h7-24H,1-6H3. The summed E-state index contributed by atoms with van der Waals surface area (Å²) < 4.78 is 0. The molecule has 0 spiro atoms. The molecular weight excluding hydrogens is 572 g/mol. The van der Waals surface area contributed by atoms with Crippen molar-refractivity contribution in [3.8, 4) is 0 Å². The lowest BCUT2D eigenvalue weighted by molar-refractivity contribution is -0.122. The van der Waals surface area contributed by atoms with Crippen molar-refractivity contribution in [3.63, 3.8) is 0 Å². The van der Waals surface area contributed by atoms with Crippen molar-refractivity contribution in [2.45, 2.75) is 52.4 Å². The van der Waals surface area contributed by atoms with E-state index in [4.69, 9.17) is 0 Å². The van der Waals surface area contributed by atoms with Crippen LogP contribution in [0, 0.1) is 0 Å². The topological polar surface area (TPSA) is 74.8 Å². The minimum absolute atomic E-state index is 0.0389. The van der Waals surface area contributed by atoms with E-state index < -0.39 is 23.6 Å². The van der Waals surface area contributed by atoms with Gasteiger partial charge in [-0.1, -0.05) is 126 Å². The summed E-state index contributed by atoms with van der Waals surface area (Å²) in [5, 5.41) is 0. The fourth-order valence-corrected chi connectivity index (χ4v) is 5.91. The van der Waals surface area contributed by atoms with Gasteiger partial charge in [-0.15, -0.1) is 0 Å². The Kier molecular flexibility index (Phi) is 7.48. The molecule has 0 fully saturated rings. The summed E-state index contributed by atoms with van der Waals surface area (Å²) in [6, 6.07) is 32.2. The second-order valence-electron chi connectivity index (χ2n) is 13.7. The summed E-state index contributed by atoms with van der Waals surface area (Å²) in [6.45, 7) is 12.6. The molecule has 0 saturated heterocycles. The first-order valence-corrected chi connectivity index (χ1v) is 15.4. The van der Waals surface area contributed by atoms with E-state index in [1.165, 1.54) is 0 Å². The first-order chi connectivity index (χ1) is 21.8. The molecule has 4 aromatic rings. The Morgan fingerprint density at radius 2 is 0.761 bits per heavy atom. The molecule has 0 unspecified atom stereocenters. The molecule has 4 amide bonds. The van der Waals surface area contributed by atoms with Gasteiger partial charge in [0.25, 0.3) is 23.6 Å². The summed E-state index contributed by atoms with van der Waals surface area (Å²) >= 11 is 0. The highest BCUT2D eigenvalue weighted by Crippen LogP contribution is 2.48. The second kappa shape index (κ2) is 11.2. The van der Waals surface area contributed by atoms with Crippen LogP contribution in [0.2, 0.25) is 0 Å². The molecule has 4 aromatic carbocycles. The number of rotatable bonds is 4. The number of fused-ring (bicyclic) bond motifs is 1. The number of carbonyl (C=O) groups excluding carboxylic acids is 4. The number of hydrogen-bond donors (Lipinski definition) is 0. The normalized spacial score (nSPS) is 15.2. The lowest BCUT2D eigenvalue weighted by Gasteiger charge is -2.25. The van der Waals surface area contributed by atoms with Gasteiger partial charge in [0, 0.05) is 11.1 Å². The van der Waals surface area contributed by atoms with Crippen molar-refractivity contribution in [3.05, 3.63) is 154 Å². The maximum absolute atomic E-state index is 14.6. The third-order valence-corrected chi connectivity index (χ3v) is 8.50. The van der Waals surface area contributed by atoms with Gasteiger partial charge in [-0.2, -0.15) is 0 Å². The van der Waals surface area contributed by atoms with Gasteiger partial charge >= 0.3 is 0 Å². The van der Waals surface area contributed by atoms with E-state index in [9.17, 15) is 19.2 Å². The molecule has 2 aliphatic heterocycles. The molecule has 0 aromatic heterocycles. The maximum Gasteiger partial charge on any atom is 0.268 e. The summed E-state index contributed by atoms with van der Waals surface area (Å²) in [5.41, 5.74) is 3.93. The number of amides is 4. The first-order valence-electron chi connectivity index (χ1n) is 15.4. The number of imide groups is 2. The highest BCUT2D eigenvalue weighted by molar-refractivity contribution is 6.37. The third-order valence-electron chi connectivity index (χ3n) is 8.50. The van der Waals surface area contributed by atoms with Crippen molar-refractivity contribution >= 4 is 35.0 Å². The van der Waals surface area contributed by atoms with E-state index >= 15 is 0 Å². The van der Waals surface area contributed by atoms with E-state index in [-0.39, 0.29) is 33.4 Å². The van der Waals surface area contributed by atoms with Crippen molar-refractivity contribution in [2.24, 2.45) is 0 Å². The van der Waals surface area contributed by atoms with Gasteiger partial charge in [0.15, 0.2) is 0 Å². The van der Waals surface area contributed by atoms with Crippen molar-refractivity contribution in [1.29, 1.82) is 0 Å². The smallest absolute Gasteiger partial charge is 0.268 e. The third kappa shape index (κ3) is 5.20. The quantitative estimate of drug-likeness (QED) is 0.222. The SMILES string of the molecule is CC(C)(C)c1ccc(C2=C3C(=O)N(C(=O)c4ccccc4)C(c4ccc(C(C)(C)C)cc4)=C3C(=O)N2C(=O)c2ccccc2)cc1. The molecule has 6 nitrogen and oxygen atoms in total. The minimum Gasteiger partial charge on any atom is -0.268 e. The molecule has 2 aliphatic rings. The van der Waals surface area contributed by atoms with E-state index in [1.807, 2.05) is 48.5 Å². The van der Waals surface area contributed by atoms with E-state index in [0.29, 0.717) is 22.3 Å². The molecule has 0 atom stereocenters. The maximum atomic E-state index is 14.6. The summed E-state index contributed by atoms with van der Waals surface area (Å²) in [4.78, 5) is 59.6. The number of carbonyl (C=O) groups is 4. The predicted molar refractivity (Wildman–Crippen MR) is 179 cm³/mol. The Morgan fingerprint density at radius 1 is 0.457 bits per heavy atom. The number of hydrogen-bond acceptors (Lipinski definition) is 4. The predicted octanol–water partition coefficient (Wildman–Crippen LogP) is 7.77. The molecule has 0 saturated carbocycles. The molecule has 230 valence electrons. The number of nitrogens with zero attached hydrogens (tertiary/aromatic N) is 2. The van der Waals surface area contributed by atoms with Crippen LogP contribution in [0.15, 0.2) is 120 Å². The molecule has 6 rings (SSSR count). The Morgan fingerprint density at radius 3 is 1.04 bits per heavy atom. The van der Waals surface area contributed by atoms with Gasteiger partial charge in [0.2, 0.25) is 0 Å². The molecule has 0 aliphatic carbocycles. The zero-order chi connectivity index (χ0) is 33.0. The lowest BCUT2D eigenvalue weighted by Crippen LogP contribution is -2.36. The van der Waals surface area contributed by atoms with Crippen LogP contribution in [-0.2, 0) is 20.4 Å². The Labute approximate surface area is 269 Å². The molecular formula is C40H36N2O4. The fraction of sp³-hybridized carbons (Fsp3) is 0.200. The van der Waals surface area contributed by atoms with Crippen LogP contribution in [0.1, 0.15) is 84.5 Å². The van der Waals surface area contributed by atoms with Crippen LogP contribution >= 0.6 is 0 Å². The Hall–Kier alpha value is -5.36. The molecule has 0 radical (unpaired) electrons. The van der Waals surface area contributed by atoms with Gasteiger partial charge in [-0.05, 0) is 57.3 Å². The van der Waals surface area contributed by atoms with Crippen molar-refractivity contribution in [1.82, 2.24) is 9.80 Å². The van der Waals surface area contributed by atoms with Crippen LogP contribution in [0.25, 0.3) is 11.4 Å². The van der Waals surface area contributed by atoms with Crippen LogP contribution in [0.4, 0.5) is 0 Å². The summed E-state index contributed by atoms with van der Waals surface area (Å²) in [5.74, 6) is -2.40. The first kappa shape index (κ1) is 30.7. The summed E-state index contributed by atoms with van der Waals surface area (Å²) in [6.07, 6.45) is 0. The van der Waals surface area contributed by atoms with E-state index in [0.717, 1.165) is 20.9 Å². The van der Waals surface area contributed by atoms with Gasteiger partial charge < -0.3 is 0 Å². The van der Waals surface area contributed by atoms with Gasteiger partial charge in [0.1, 0.15) is 0 Å². The van der Waals surface area contributed by atoms with Crippen LogP contribution < -0.4 is 0 Å². The molecule has 0 bridgehead atoms. The lowest BCUT2D eigenvalue weighted by atomic mass is 9.86. The molecule has 0 N–H and O–H groups in total. The second-order valence-corrected chi connectivity index (χ2v) is 13.7. The minimum atomic E-state index is -0.648. The van der Waals surface area contributed by atoms with Gasteiger partial charge in [-0.25, -0.2) is 9.80 Å².